The minimum atomic E-state index is -1.01. The molecule has 0 heterocycles. The van der Waals surface area contributed by atoms with Crippen LogP contribution in [-0.2, 0) is 4.79 Å². The third-order valence-corrected chi connectivity index (χ3v) is 3.28. The molecule has 2 aromatic rings. The van der Waals surface area contributed by atoms with Crippen LogP contribution in [0.25, 0.3) is 0 Å². The van der Waals surface area contributed by atoms with Crippen LogP contribution in [0.2, 0.25) is 0 Å². The van der Waals surface area contributed by atoms with Crippen LogP contribution in [0.15, 0.2) is 36.4 Å². The maximum absolute atomic E-state index is 13.1. The number of benzene rings is 2. The molecule has 0 aliphatic rings. The second-order valence-electron chi connectivity index (χ2n) is 4.92. The van der Waals surface area contributed by atoms with Gasteiger partial charge in [0.2, 0.25) is 5.91 Å². The quantitative estimate of drug-likeness (QED) is 0.813. The zero-order chi connectivity index (χ0) is 17.5. The van der Waals surface area contributed by atoms with Crippen molar-refractivity contribution in [2.24, 2.45) is 0 Å². The lowest BCUT2D eigenvalue weighted by Crippen LogP contribution is -2.16. The SMILES string of the molecule is COc1ccc(OC)c(NCCC(=O)Nc2ccc(F)c(F)c2)c1. The first-order valence-electron chi connectivity index (χ1n) is 7.24. The summed E-state index contributed by atoms with van der Waals surface area (Å²) in [5, 5.41) is 5.58. The summed E-state index contributed by atoms with van der Waals surface area (Å²) in [6, 6.07) is 8.47. The number of carbonyl (C=O) groups is 1. The normalized spacial score (nSPS) is 10.2. The van der Waals surface area contributed by atoms with E-state index >= 15 is 0 Å². The molecule has 0 fully saturated rings. The van der Waals surface area contributed by atoms with Crippen molar-refractivity contribution in [2.45, 2.75) is 6.42 Å². The first kappa shape index (κ1) is 17.5. The van der Waals surface area contributed by atoms with E-state index in [0.717, 1.165) is 12.1 Å². The number of nitrogens with one attached hydrogen (secondary N) is 2. The first-order chi connectivity index (χ1) is 11.5. The number of carbonyl (C=O) groups excluding carboxylic acids is 1. The molecule has 0 radical (unpaired) electrons. The molecule has 2 aromatic carbocycles. The zero-order valence-corrected chi connectivity index (χ0v) is 13.4. The fourth-order valence-electron chi connectivity index (χ4n) is 2.06. The second kappa shape index (κ2) is 8.14. The minimum absolute atomic E-state index is 0.138. The number of ether oxygens (including phenoxy) is 2. The number of halogens is 2. The molecule has 0 saturated carbocycles. The molecule has 5 nitrogen and oxygen atoms in total. The van der Waals surface area contributed by atoms with E-state index in [1.54, 1.807) is 32.4 Å². The van der Waals surface area contributed by atoms with E-state index in [1.807, 2.05) is 0 Å². The minimum Gasteiger partial charge on any atom is -0.497 e. The Labute approximate surface area is 138 Å². The van der Waals surface area contributed by atoms with Crippen LogP contribution in [0.5, 0.6) is 11.5 Å². The molecular weight excluding hydrogens is 318 g/mol. The first-order valence-corrected chi connectivity index (χ1v) is 7.24. The Balaban J connectivity index is 1.89. The maximum atomic E-state index is 13.1. The largest absolute Gasteiger partial charge is 0.497 e. The Morgan fingerprint density at radius 3 is 2.50 bits per heavy atom. The van der Waals surface area contributed by atoms with Crippen molar-refractivity contribution >= 4 is 17.3 Å². The van der Waals surface area contributed by atoms with Gasteiger partial charge < -0.3 is 20.1 Å². The lowest BCUT2D eigenvalue weighted by molar-refractivity contribution is -0.115. The van der Waals surface area contributed by atoms with E-state index in [2.05, 4.69) is 10.6 Å². The molecule has 0 spiro atoms. The van der Waals surface area contributed by atoms with Crippen LogP contribution in [0.4, 0.5) is 20.2 Å². The predicted octanol–water partition coefficient (Wildman–Crippen LogP) is 3.42. The van der Waals surface area contributed by atoms with Crippen molar-refractivity contribution in [1.82, 2.24) is 0 Å². The zero-order valence-electron chi connectivity index (χ0n) is 13.4. The summed E-state index contributed by atoms with van der Waals surface area (Å²) in [5.74, 6) is -1.01. The number of methoxy groups -OCH3 is 2. The molecular formula is C17H18F2N2O3. The van der Waals surface area contributed by atoms with Gasteiger partial charge >= 0.3 is 0 Å². The highest BCUT2D eigenvalue weighted by Gasteiger charge is 2.08. The van der Waals surface area contributed by atoms with Gasteiger partial charge in [0.15, 0.2) is 11.6 Å². The van der Waals surface area contributed by atoms with E-state index in [1.165, 1.54) is 6.07 Å². The fourth-order valence-corrected chi connectivity index (χ4v) is 2.06. The Morgan fingerprint density at radius 2 is 1.83 bits per heavy atom. The third kappa shape index (κ3) is 4.58. The average Bonchev–Trinajstić information content (AvgIpc) is 2.58. The Hall–Kier alpha value is -2.83. The number of rotatable bonds is 7. The molecule has 0 aliphatic carbocycles. The van der Waals surface area contributed by atoms with Crippen LogP contribution >= 0.6 is 0 Å². The van der Waals surface area contributed by atoms with E-state index in [0.29, 0.717) is 23.7 Å². The van der Waals surface area contributed by atoms with Gasteiger partial charge in [-0.05, 0) is 24.3 Å². The summed E-state index contributed by atoms with van der Waals surface area (Å²) >= 11 is 0. The molecule has 0 saturated heterocycles. The molecule has 2 N–H and O–H groups in total. The van der Waals surface area contributed by atoms with E-state index < -0.39 is 11.6 Å². The molecule has 0 unspecified atom stereocenters. The number of anilines is 2. The van der Waals surface area contributed by atoms with Crippen molar-refractivity contribution in [2.75, 3.05) is 31.4 Å². The second-order valence-corrected chi connectivity index (χ2v) is 4.92. The molecule has 24 heavy (non-hydrogen) atoms. The molecule has 2 rings (SSSR count). The van der Waals surface area contributed by atoms with Crippen LogP contribution in [0, 0.1) is 11.6 Å². The van der Waals surface area contributed by atoms with Crippen molar-refractivity contribution in [3.8, 4) is 11.5 Å². The van der Waals surface area contributed by atoms with Gasteiger partial charge in [-0.3, -0.25) is 4.79 Å². The van der Waals surface area contributed by atoms with Gasteiger partial charge in [0.05, 0.1) is 19.9 Å². The van der Waals surface area contributed by atoms with Crippen molar-refractivity contribution in [1.29, 1.82) is 0 Å². The average molecular weight is 336 g/mol. The Kier molecular flexibility index (Phi) is 5.95. The molecule has 7 heteroatoms. The number of amides is 1. The number of hydrogen-bond acceptors (Lipinski definition) is 4. The highest BCUT2D eigenvalue weighted by molar-refractivity contribution is 5.91. The maximum Gasteiger partial charge on any atom is 0.226 e. The van der Waals surface area contributed by atoms with Crippen LogP contribution < -0.4 is 20.1 Å². The van der Waals surface area contributed by atoms with E-state index in [9.17, 15) is 13.6 Å². The molecule has 0 aromatic heterocycles. The molecule has 128 valence electrons. The smallest absolute Gasteiger partial charge is 0.226 e. The Bertz CT molecular complexity index is 723. The van der Waals surface area contributed by atoms with Gasteiger partial charge in [0.1, 0.15) is 11.5 Å². The molecule has 0 atom stereocenters. The van der Waals surface area contributed by atoms with Crippen LogP contribution in [0.3, 0.4) is 0 Å². The summed E-state index contributed by atoms with van der Waals surface area (Å²) in [6.45, 7) is 0.332. The fraction of sp³-hybridized carbons (Fsp3) is 0.235. The van der Waals surface area contributed by atoms with Gasteiger partial charge in [-0.15, -0.1) is 0 Å². The van der Waals surface area contributed by atoms with Gasteiger partial charge in [0, 0.05) is 30.8 Å². The van der Waals surface area contributed by atoms with E-state index in [-0.39, 0.29) is 18.0 Å². The molecule has 1 amide bonds. The standard InChI is InChI=1S/C17H18F2N2O3/c1-23-12-4-6-16(24-2)15(10-12)20-8-7-17(22)21-11-3-5-13(18)14(19)9-11/h3-6,9-10,20H,7-8H2,1-2H3,(H,21,22). The van der Waals surface area contributed by atoms with Gasteiger partial charge in [-0.1, -0.05) is 0 Å². The van der Waals surface area contributed by atoms with Crippen molar-refractivity contribution < 1.29 is 23.0 Å². The number of hydrogen-bond donors (Lipinski definition) is 2. The summed E-state index contributed by atoms with van der Waals surface area (Å²) < 4.78 is 36.3. The van der Waals surface area contributed by atoms with E-state index in [4.69, 9.17) is 9.47 Å². The van der Waals surface area contributed by atoms with Crippen LogP contribution in [0.1, 0.15) is 6.42 Å². The Morgan fingerprint density at radius 1 is 1.04 bits per heavy atom. The monoisotopic (exact) mass is 336 g/mol. The third-order valence-electron chi connectivity index (χ3n) is 3.28. The summed E-state index contributed by atoms with van der Waals surface area (Å²) in [6.07, 6.45) is 0.138. The highest BCUT2D eigenvalue weighted by Crippen LogP contribution is 2.28. The van der Waals surface area contributed by atoms with Gasteiger partial charge in [-0.25, -0.2) is 8.78 Å². The molecule has 0 aliphatic heterocycles. The lowest BCUT2D eigenvalue weighted by Gasteiger charge is -2.12. The summed E-state index contributed by atoms with van der Waals surface area (Å²) in [4.78, 5) is 11.9. The van der Waals surface area contributed by atoms with Gasteiger partial charge in [-0.2, -0.15) is 0 Å². The predicted molar refractivity (Wildman–Crippen MR) is 87.6 cm³/mol. The summed E-state index contributed by atoms with van der Waals surface area (Å²) in [7, 11) is 3.10. The van der Waals surface area contributed by atoms with Crippen LogP contribution in [-0.4, -0.2) is 26.7 Å². The van der Waals surface area contributed by atoms with Crippen molar-refractivity contribution in [3.63, 3.8) is 0 Å². The lowest BCUT2D eigenvalue weighted by atomic mass is 10.2. The molecule has 0 bridgehead atoms. The van der Waals surface area contributed by atoms with Crippen molar-refractivity contribution in [3.05, 3.63) is 48.0 Å². The topological polar surface area (TPSA) is 59.6 Å². The highest BCUT2D eigenvalue weighted by atomic mass is 19.2. The van der Waals surface area contributed by atoms with Gasteiger partial charge in [0.25, 0.3) is 0 Å². The summed E-state index contributed by atoms with van der Waals surface area (Å²) in [5.41, 5.74) is 0.898.